The highest BCUT2D eigenvalue weighted by atomic mass is 16.6. The van der Waals surface area contributed by atoms with Crippen LogP contribution in [0.1, 0.15) is 47.1 Å². The number of aryl methyl sites for hydroxylation is 1. The fourth-order valence-electron chi connectivity index (χ4n) is 1.64. The molecule has 0 aliphatic rings. The summed E-state index contributed by atoms with van der Waals surface area (Å²) in [5.74, 6) is -0.00370. The van der Waals surface area contributed by atoms with Gasteiger partial charge in [0.15, 0.2) is 5.82 Å². The van der Waals surface area contributed by atoms with Crippen molar-refractivity contribution in [3.8, 4) is 6.07 Å². The molecule has 0 atom stereocenters. The molecule has 0 N–H and O–H groups in total. The van der Waals surface area contributed by atoms with Crippen LogP contribution < -0.4 is 4.90 Å². The quantitative estimate of drug-likeness (QED) is 0.788. The second kappa shape index (κ2) is 6.28. The van der Waals surface area contributed by atoms with Gasteiger partial charge < -0.3 is 9.47 Å². The molecule has 0 aliphatic heterocycles. The number of hydrogen-bond donors (Lipinski definition) is 0. The van der Waals surface area contributed by atoms with Gasteiger partial charge >= 0.3 is 12.2 Å². The molecule has 1 aromatic rings. The van der Waals surface area contributed by atoms with E-state index in [-0.39, 0.29) is 11.4 Å². The van der Waals surface area contributed by atoms with Crippen LogP contribution in [0.25, 0.3) is 0 Å². The van der Waals surface area contributed by atoms with Gasteiger partial charge in [-0.05, 0) is 41.5 Å². The monoisotopic (exact) mass is 322 g/mol. The fraction of sp³-hybridized carbons (Fsp3) is 0.600. The second-order valence-electron chi connectivity index (χ2n) is 6.91. The zero-order valence-electron chi connectivity index (χ0n) is 14.5. The molecule has 8 nitrogen and oxygen atoms in total. The smallest absolute Gasteiger partial charge is 0.425 e. The van der Waals surface area contributed by atoms with E-state index in [2.05, 4.69) is 5.10 Å². The largest absolute Gasteiger partial charge is 0.443 e. The molecule has 126 valence electrons. The van der Waals surface area contributed by atoms with Crippen molar-refractivity contribution in [1.82, 2.24) is 9.78 Å². The Morgan fingerprint density at radius 3 is 1.91 bits per heavy atom. The zero-order chi connectivity index (χ0) is 18.0. The molecule has 0 saturated heterocycles. The Morgan fingerprint density at radius 1 is 1.13 bits per heavy atom. The lowest BCUT2D eigenvalue weighted by atomic mass is 10.2. The SMILES string of the molecule is Cn1ncc(C#N)c1N(C(=O)OC(C)(C)C)C(=O)OC(C)(C)C. The number of imide groups is 1. The summed E-state index contributed by atoms with van der Waals surface area (Å²) in [6, 6.07) is 1.89. The molecule has 0 aliphatic carbocycles. The van der Waals surface area contributed by atoms with Crippen LogP contribution in [0.15, 0.2) is 6.20 Å². The van der Waals surface area contributed by atoms with Crippen LogP contribution in [0.2, 0.25) is 0 Å². The Hall–Kier alpha value is -2.56. The van der Waals surface area contributed by atoms with Crippen molar-refractivity contribution in [2.75, 3.05) is 4.90 Å². The summed E-state index contributed by atoms with van der Waals surface area (Å²) in [6.45, 7) is 10.0. The van der Waals surface area contributed by atoms with Crippen molar-refractivity contribution in [2.45, 2.75) is 52.7 Å². The van der Waals surface area contributed by atoms with E-state index >= 15 is 0 Å². The molecule has 2 amide bonds. The van der Waals surface area contributed by atoms with E-state index in [0.29, 0.717) is 4.90 Å². The molecule has 0 radical (unpaired) electrons. The van der Waals surface area contributed by atoms with E-state index < -0.39 is 23.4 Å². The number of ether oxygens (including phenoxy) is 2. The number of nitriles is 1. The summed E-state index contributed by atoms with van der Waals surface area (Å²) < 4.78 is 11.7. The first-order valence-electron chi connectivity index (χ1n) is 7.04. The van der Waals surface area contributed by atoms with E-state index in [1.807, 2.05) is 6.07 Å². The van der Waals surface area contributed by atoms with Crippen molar-refractivity contribution in [2.24, 2.45) is 7.05 Å². The molecule has 1 heterocycles. The normalized spacial score (nSPS) is 11.6. The van der Waals surface area contributed by atoms with Crippen molar-refractivity contribution < 1.29 is 19.1 Å². The average molecular weight is 322 g/mol. The predicted molar refractivity (Wildman–Crippen MR) is 82.9 cm³/mol. The first-order chi connectivity index (χ1) is 10.4. The average Bonchev–Trinajstić information content (AvgIpc) is 2.66. The third kappa shape index (κ3) is 4.98. The molecule has 0 aromatic carbocycles. The highest BCUT2D eigenvalue weighted by Gasteiger charge is 2.36. The minimum absolute atomic E-state index is 0.00370. The molecule has 23 heavy (non-hydrogen) atoms. The topological polar surface area (TPSA) is 97.5 Å². The summed E-state index contributed by atoms with van der Waals surface area (Å²) in [6.07, 6.45) is -0.615. The van der Waals surface area contributed by atoms with E-state index in [1.165, 1.54) is 17.9 Å². The molecule has 0 saturated carbocycles. The zero-order valence-corrected chi connectivity index (χ0v) is 14.5. The highest BCUT2D eigenvalue weighted by Crippen LogP contribution is 2.24. The number of carbonyl (C=O) groups excluding carboxylic acids is 2. The number of carbonyl (C=O) groups is 2. The molecule has 0 unspecified atom stereocenters. The van der Waals surface area contributed by atoms with Gasteiger partial charge in [-0.15, -0.1) is 0 Å². The Balaban J connectivity index is 3.32. The Bertz CT molecular complexity index is 616. The van der Waals surface area contributed by atoms with Crippen molar-refractivity contribution in [3.05, 3.63) is 11.8 Å². The Kier molecular flexibility index (Phi) is 5.05. The number of hydrogen-bond acceptors (Lipinski definition) is 6. The van der Waals surface area contributed by atoms with E-state index in [1.54, 1.807) is 41.5 Å². The predicted octanol–water partition coefficient (Wildman–Crippen LogP) is 2.97. The van der Waals surface area contributed by atoms with Crippen molar-refractivity contribution in [1.29, 1.82) is 5.26 Å². The maximum absolute atomic E-state index is 12.5. The fourth-order valence-corrected chi connectivity index (χ4v) is 1.64. The van der Waals surface area contributed by atoms with Crippen LogP contribution in [-0.4, -0.2) is 33.2 Å². The molecule has 8 heteroatoms. The number of aromatic nitrogens is 2. The summed E-state index contributed by atoms with van der Waals surface area (Å²) in [5.41, 5.74) is -1.57. The minimum Gasteiger partial charge on any atom is -0.443 e. The van der Waals surface area contributed by atoms with Gasteiger partial charge in [-0.2, -0.15) is 15.3 Å². The third-order valence-electron chi connectivity index (χ3n) is 2.39. The van der Waals surface area contributed by atoms with Gasteiger partial charge in [0.2, 0.25) is 0 Å². The maximum Gasteiger partial charge on any atom is 0.425 e. The van der Waals surface area contributed by atoms with Gasteiger partial charge in [-0.1, -0.05) is 0 Å². The first kappa shape index (κ1) is 18.5. The van der Waals surface area contributed by atoms with Gasteiger partial charge in [0.1, 0.15) is 22.8 Å². The summed E-state index contributed by atoms with van der Waals surface area (Å²) in [7, 11) is 1.51. The van der Waals surface area contributed by atoms with Crippen LogP contribution in [0.3, 0.4) is 0 Å². The second-order valence-corrected chi connectivity index (χ2v) is 6.91. The molecular formula is C15H22N4O4. The van der Waals surface area contributed by atoms with Gasteiger partial charge in [-0.3, -0.25) is 4.68 Å². The minimum atomic E-state index is -0.938. The number of rotatable bonds is 1. The van der Waals surface area contributed by atoms with Crippen LogP contribution in [0.5, 0.6) is 0 Å². The molecule has 1 rings (SSSR count). The van der Waals surface area contributed by atoms with E-state index in [0.717, 1.165) is 0 Å². The highest BCUT2D eigenvalue weighted by molar-refractivity contribution is 6.09. The molecule has 0 fully saturated rings. The number of amides is 2. The van der Waals surface area contributed by atoms with Gasteiger partial charge in [0.05, 0.1) is 6.20 Å². The Labute approximate surface area is 135 Å². The van der Waals surface area contributed by atoms with Gasteiger partial charge in [-0.25, -0.2) is 9.59 Å². The lowest BCUT2D eigenvalue weighted by molar-refractivity contribution is 0.0427. The van der Waals surface area contributed by atoms with Gasteiger partial charge in [0.25, 0.3) is 0 Å². The molecule has 0 bridgehead atoms. The van der Waals surface area contributed by atoms with Crippen molar-refractivity contribution in [3.63, 3.8) is 0 Å². The Morgan fingerprint density at radius 2 is 1.57 bits per heavy atom. The summed E-state index contributed by atoms with van der Waals surface area (Å²) >= 11 is 0. The van der Waals surface area contributed by atoms with Crippen LogP contribution >= 0.6 is 0 Å². The third-order valence-corrected chi connectivity index (χ3v) is 2.39. The van der Waals surface area contributed by atoms with Crippen LogP contribution in [0.4, 0.5) is 15.4 Å². The van der Waals surface area contributed by atoms with E-state index in [9.17, 15) is 14.9 Å². The van der Waals surface area contributed by atoms with Crippen LogP contribution in [0, 0.1) is 11.3 Å². The molecular weight excluding hydrogens is 300 g/mol. The van der Waals surface area contributed by atoms with Crippen LogP contribution in [-0.2, 0) is 16.5 Å². The van der Waals surface area contributed by atoms with Gasteiger partial charge in [0, 0.05) is 7.05 Å². The molecule has 1 aromatic heterocycles. The summed E-state index contributed by atoms with van der Waals surface area (Å²) in [4.78, 5) is 25.6. The standard InChI is InChI=1S/C15H22N4O4/c1-14(2,3)22-12(20)19(13(21)23-15(4,5)6)11-10(8-16)9-17-18(11)7/h9H,1-7H3. The van der Waals surface area contributed by atoms with Crippen molar-refractivity contribution >= 4 is 18.0 Å². The summed E-state index contributed by atoms with van der Waals surface area (Å²) in [5, 5.41) is 13.1. The van der Waals surface area contributed by atoms with E-state index in [4.69, 9.17) is 9.47 Å². The maximum atomic E-state index is 12.5. The first-order valence-corrected chi connectivity index (χ1v) is 7.04. The lowest BCUT2D eigenvalue weighted by Gasteiger charge is -2.28. The number of nitrogens with zero attached hydrogens (tertiary/aromatic N) is 4. The lowest BCUT2D eigenvalue weighted by Crippen LogP contribution is -2.45. The number of anilines is 1. The molecule has 0 spiro atoms.